The number of likely N-dealkylation sites (tertiary alicyclic amines) is 1. The first-order valence-electron chi connectivity index (χ1n) is 7.49. The zero-order chi connectivity index (χ0) is 18.0. The molecule has 1 saturated heterocycles. The zero-order valence-electron chi connectivity index (χ0n) is 13.2. The monoisotopic (exact) mass is 358 g/mol. The lowest BCUT2D eigenvalue weighted by Gasteiger charge is -2.19. The van der Waals surface area contributed by atoms with E-state index in [9.17, 15) is 22.4 Å². The Bertz CT molecular complexity index is 752. The number of carbonyl (C=O) groups excluding carboxylic acids is 1. The van der Waals surface area contributed by atoms with Crippen LogP contribution in [0.2, 0.25) is 0 Å². The predicted molar refractivity (Wildman–Crippen MR) is 86.1 cm³/mol. The van der Waals surface area contributed by atoms with Crippen LogP contribution in [-0.4, -0.2) is 54.8 Å². The fraction of sp³-hybridized carbons (Fsp3) is 0.467. The van der Waals surface area contributed by atoms with Gasteiger partial charge < -0.3 is 10.0 Å². The largest absolute Gasteiger partial charge is 0.479 e. The Morgan fingerprint density at radius 3 is 2.62 bits per heavy atom. The van der Waals surface area contributed by atoms with Crippen LogP contribution in [0.3, 0.4) is 0 Å². The highest BCUT2D eigenvalue weighted by atomic mass is 32.2. The average Bonchev–Trinajstić information content (AvgIpc) is 2.90. The van der Waals surface area contributed by atoms with E-state index in [-0.39, 0.29) is 30.0 Å². The topological polar surface area (TPSA) is 104 Å². The van der Waals surface area contributed by atoms with Crippen LogP contribution in [0.5, 0.6) is 0 Å². The molecule has 2 rings (SSSR count). The van der Waals surface area contributed by atoms with E-state index in [0.717, 1.165) is 4.90 Å². The molecule has 1 fully saturated rings. The maximum atomic E-state index is 14.1. The van der Waals surface area contributed by atoms with E-state index in [4.69, 9.17) is 5.11 Å². The third-order valence-electron chi connectivity index (χ3n) is 3.79. The minimum Gasteiger partial charge on any atom is -0.479 e. The van der Waals surface area contributed by atoms with Gasteiger partial charge in [0.05, 0.1) is 23.5 Å². The molecule has 1 unspecified atom stereocenters. The summed E-state index contributed by atoms with van der Waals surface area (Å²) in [7, 11) is -3.59. The number of alkyl halides is 1. The van der Waals surface area contributed by atoms with Gasteiger partial charge in [-0.3, -0.25) is 9.52 Å². The number of para-hydroxylation sites is 1. The molecule has 0 aliphatic carbocycles. The Hall–Kier alpha value is -2.16. The van der Waals surface area contributed by atoms with Crippen molar-refractivity contribution >= 4 is 27.6 Å². The van der Waals surface area contributed by atoms with Gasteiger partial charge in [-0.2, -0.15) is 0 Å². The number of halogens is 1. The second-order valence-corrected chi connectivity index (χ2v) is 7.56. The van der Waals surface area contributed by atoms with Crippen molar-refractivity contribution in [2.75, 3.05) is 23.6 Å². The van der Waals surface area contributed by atoms with E-state index in [1.807, 2.05) is 0 Å². The molecule has 1 amide bonds. The van der Waals surface area contributed by atoms with Gasteiger partial charge in [-0.25, -0.2) is 17.6 Å². The Morgan fingerprint density at radius 2 is 2.04 bits per heavy atom. The van der Waals surface area contributed by atoms with E-state index >= 15 is 0 Å². The number of rotatable bonds is 6. The van der Waals surface area contributed by atoms with E-state index in [2.05, 4.69) is 4.72 Å². The summed E-state index contributed by atoms with van der Waals surface area (Å²) in [5, 5.41) is 8.90. The van der Waals surface area contributed by atoms with Crippen LogP contribution >= 0.6 is 0 Å². The molecule has 7 nitrogen and oxygen atoms in total. The van der Waals surface area contributed by atoms with Crippen molar-refractivity contribution in [1.29, 1.82) is 0 Å². The minimum atomic E-state index is -3.59. The van der Waals surface area contributed by atoms with Gasteiger partial charge in [0.2, 0.25) is 15.7 Å². The summed E-state index contributed by atoms with van der Waals surface area (Å²) in [5.41, 5.74) is -2.30. The molecule has 1 aliphatic heterocycles. The van der Waals surface area contributed by atoms with Crippen molar-refractivity contribution in [3.8, 4) is 0 Å². The van der Waals surface area contributed by atoms with Gasteiger partial charge in [0.25, 0.3) is 5.91 Å². The van der Waals surface area contributed by atoms with Crippen molar-refractivity contribution in [3.05, 3.63) is 29.8 Å². The van der Waals surface area contributed by atoms with Crippen molar-refractivity contribution in [2.24, 2.45) is 0 Å². The van der Waals surface area contributed by atoms with Crippen molar-refractivity contribution in [2.45, 2.75) is 25.4 Å². The summed E-state index contributed by atoms with van der Waals surface area (Å²) in [6, 6.07) is 5.99. The smallest absolute Gasteiger partial charge is 0.343 e. The fourth-order valence-corrected chi connectivity index (χ4v) is 3.69. The normalized spacial score (nSPS) is 20.8. The molecule has 1 heterocycles. The summed E-state index contributed by atoms with van der Waals surface area (Å²) in [6.45, 7) is 1.11. The van der Waals surface area contributed by atoms with Gasteiger partial charge in [-0.1, -0.05) is 19.1 Å². The summed E-state index contributed by atoms with van der Waals surface area (Å²) in [6.07, 6.45) is 0.123. The number of nitrogens with zero attached hydrogens (tertiary/aromatic N) is 1. The van der Waals surface area contributed by atoms with Gasteiger partial charge >= 0.3 is 5.97 Å². The SMILES string of the molecule is CCCS(=O)(=O)Nc1ccccc1C(=O)N1CCC(F)(C(=O)O)C1. The maximum Gasteiger partial charge on any atom is 0.343 e. The van der Waals surface area contributed by atoms with Crippen LogP contribution in [0.1, 0.15) is 30.1 Å². The van der Waals surface area contributed by atoms with Crippen LogP contribution in [0.25, 0.3) is 0 Å². The van der Waals surface area contributed by atoms with Gasteiger partial charge in [-0.15, -0.1) is 0 Å². The standard InChI is InChI=1S/C15H19FN2O5S/c1-2-9-24(22,23)17-12-6-4-3-5-11(12)13(19)18-8-7-15(16,10-18)14(20)21/h3-6,17H,2,7-10H2,1H3,(H,20,21). The van der Waals surface area contributed by atoms with Crippen LogP contribution < -0.4 is 4.72 Å². The molecular formula is C15H19FN2O5S. The van der Waals surface area contributed by atoms with Crippen LogP contribution in [0.4, 0.5) is 10.1 Å². The first-order chi connectivity index (χ1) is 11.2. The quantitative estimate of drug-likeness (QED) is 0.802. The van der Waals surface area contributed by atoms with E-state index in [0.29, 0.717) is 6.42 Å². The average molecular weight is 358 g/mol. The molecule has 24 heavy (non-hydrogen) atoms. The number of hydrogen-bond donors (Lipinski definition) is 2. The first-order valence-corrected chi connectivity index (χ1v) is 9.15. The number of nitrogens with one attached hydrogen (secondary N) is 1. The molecule has 1 aliphatic rings. The summed E-state index contributed by atoms with van der Waals surface area (Å²) < 4.78 is 40.3. The molecule has 1 atom stereocenters. The molecule has 9 heteroatoms. The number of amides is 1. The second kappa shape index (κ2) is 6.76. The lowest BCUT2D eigenvalue weighted by atomic mass is 10.1. The van der Waals surface area contributed by atoms with Crippen LogP contribution in [0.15, 0.2) is 24.3 Å². The van der Waals surface area contributed by atoms with Gasteiger partial charge in [-0.05, 0) is 18.6 Å². The molecule has 1 aromatic carbocycles. The highest BCUT2D eigenvalue weighted by Crippen LogP contribution is 2.28. The minimum absolute atomic E-state index is 0.0440. The maximum absolute atomic E-state index is 14.1. The molecule has 0 bridgehead atoms. The number of sulfonamides is 1. The molecule has 0 saturated carbocycles. The number of hydrogen-bond acceptors (Lipinski definition) is 4. The van der Waals surface area contributed by atoms with Crippen LogP contribution in [-0.2, 0) is 14.8 Å². The second-order valence-electron chi connectivity index (χ2n) is 5.71. The summed E-state index contributed by atoms with van der Waals surface area (Å²) in [5.74, 6) is -2.30. The molecular weight excluding hydrogens is 339 g/mol. The molecule has 0 radical (unpaired) electrons. The number of carbonyl (C=O) groups is 2. The molecule has 0 aromatic heterocycles. The third kappa shape index (κ3) is 3.84. The van der Waals surface area contributed by atoms with Crippen LogP contribution in [0, 0.1) is 0 Å². The first kappa shape index (κ1) is 18.2. The summed E-state index contributed by atoms with van der Waals surface area (Å²) in [4.78, 5) is 24.6. The van der Waals surface area contributed by atoms with E-state index in [1.165, 1.54) is 12.1 Å². The zero-order valence-corrected chi connectivity index (χ0v) is 14.0. The number of benzene rings is 1. The predicted octanol–water partition coefficient (Wildman–Crippen LogP) is 1.48. The van der Waals surface area contributed by atoms with Crippen molar-refractivity contribution in [3.63, 3.8) is 0 Å². The number of carboxylic acids is 1. The van der Waals surface area contributed by atoms with E-state index < -0.39 is 34.1 Å². The lowest BCUT2D eigenvalue weighted by Crippen LogP contribution is -2.39. The molecule has 0 spiro atoms. The number of carboxylic acid groups (broad SMARTS) is 1. The molecule has 1 aromatic rings. The Balaban J connectivity index is 2.24. The van der Waals surface area contributed by atoms with Gasteiger partial charge in [0.15, 0.2) is 0 Å². The molecule has 2 N–H and O–H groups in total. The Kier molecular flexibility index (Phi) is 5.12. The Labute approximate surface area is 139 Å². The highest BCUT2D eigenvalue weighted by molar-refractivity contribution is 7.92. The number of aliphatic carboxylic acids is 1. The fourth-order valence-electron chi connectivity index (χ4n) is 2.54. The summed E-state index contributed by atoms with van der Waals surface area (Å²) >= 11 is 0. The van der Waals surface area contributed by atoms with E-state index in [1.54, 1.807) is 19.1 Å². The van der Waals surface area contributed by atoms with Crippen molar-refractivity contribution in [1.82, 2.24) is 4.90 Å². The lowest BCUT2D eigenvalue weighted by molar-refractivity contribution is -0.149. The molecule has 132 valence electrons. The highest BCUT2D eigenvalue weighted by Gasteiger charge is 2.47. The van der Waals surface area contributed by atoms with Gasteiger partial charge in [0.1, 0.15) is 0 Å². The van der Waals surface area contributed by atoms with Gasteiger partial charge in [0, 0.05) is 13.0 Å². The van der Waals surface area contributed by atoms with Crippen molar-refractivity contribution < 1.29 is 27.5 Å². The number of anilines is 1. The third-order valence-corrected chi connectivity index (χ3v) is 5.26. The Morgan fingerprint density at radius 1 is 1.38 bits per heavy atom.